The number of benzene rings is 1. The number of nitrogens with zero attached hydrogens (tertiary/aromatic N) is 4. The van der Waals surface area contributed by atoms with E-state index in [4.69, 9.17) is 0 Å². The smallest absolute Gasteiger partial charge is 0.272 e. The van der Waals surface area contributed by atoms with Gasteiger partial charge >= 0.3 is 0 Å². The van der Waals surface area contributed by atoms with Crippen molar-refractivity contribution in [1.29, 1.82) is 0 Å². The van der Waals surface area contributed by atoms with Crippen LogP contribution in [0.4, 0.5) is 14.6 Å². The maximum atomic E-state index is 13.3. The van der Waals surface area contributed by atoms with Crippen molar-refractivity contribution in [3.63, 3.8) is 0 Å². The molecule has 37 heavy (non-hydrogen) atoms. The summed E-state index contributed by atoms with van der Waals surface area (Å²) in [6.45, 7) is 2.70. The number of amides is 4. The zero-order valence-electron chi connectivity index (χ0n) is 20.5. The van der Waals surface area contributed by atoms with Gasteiger partial charge in [-0.25, -0.2) is 13.8 Å². The number of anilines is 1. The summed E-state index contributed by atoms with van der Waals surface area (Å²) in [5, 5.41) is 15.0. The second kappa shape index (κ2) is 11.0. The predicted molar refractivity (Wildman–Crippen MR) is 128 cm³/mol. The van der Waals surface area contributed by atoms with Gasteiger partial charge in [0.2, 0.25) is 11.8 Å². The van der Waals surface area contributed by atoms with E-state index in [1.807, 2.05) is 34.6 Å². The number of hydrazine groups is 1. The first-order valence-electron chi connectivity index (χ1n) is 12.0. The Morgan fingerprint density at radius 2 is 1.95 bits per heavy atom. The number of nitrogens with one attached hydrogen (secondary N) is 3. The lowest BCUT2D eigenvalue weighted by molar-refractivity contribution is -0.148. The molecule has 0 unspecified atom stereocenters. The lowest BCUT2D eigenvalue weighted by Gasteiger charge is -2.28. The van der Waals surface area contributed by atoms with Crippen LogP contribution in [0.3, 0.4) is 0 Å². The highest BCUT2D eigenvalue weighted by molar-refractivity contribution is 5.97. The summed E-state index contributed by atoms with van der Waals surface area (Å²) in [6.07, 6.45) is -2.03. The molecule has 0 radical (unpaired) electrons. The van der Waals surface area contributed by atoms with E-state index in [-0.39, 0.29) is 23.8 Å². The largest absolute Gasteiger partial charge is 0.345 e. The summed E-state index contributed by atoms with van der Waals surface area (Å²) in [4.78, 5) is 50.9. The topological polar surface area (TPSA) is 129 Å². The number of hydrogen-bond acceptors (Lipinski definition) is 6. The van der Waals surface area contributed by atoms with Gasteiger partial charge in [-0.15, -0.1) is 0 Å². The molecule has 2 aliphatic rings. The van der Waals surface area contributed by atoms with E-state index in [1.165, 1.54) is 17.8 Å². The van der Waals surface area contributed by atoms with Gasteiger partial charge in [-0.3, -0.25) is 28.9 Å². The molecule has 13 heteroatoms. The van der Waals surface area contributed by atoms with Crippen molar-refractivity contribution in [1.82, 2.24) is 30.4 Å². The quantitative estimate of drug-likeness (QED) is 0.483. The van der Waals surface area contributed by atoms with Crippen LogP contribution in [0, 0.1) is 5.92 Å². The Labute approximate surface area is 212 Å². The predicted octanol–water partition coefficient (Wildman–Crippen LogP) is 1.20. The Morgan fingerprint density at radius 3 is 2.70 bits per heavy atom. The van der Waals surface area contributed by atoms with Gasteiger partial charge in [0.15, 0.2) is 5.69 Å². The SMILES string of the molecule is C[C@H](CC(=O)Nc1cc(C(=O)NCC(F)F)nn1C)C(=O)N[C@@H]1C(=O)N2CCCN2Cc2ccccc21. The van der Waals surface area contributed by atoms with Crippen molar-refractivity contribution < 1.29 is 28.0 Å². The molecule has 0 aliphatic carbocycles. The molecule has 1 fully saturated rings. The van der Waals surface area contributed by atoms with E-state index >= 15 is 0 Å². The van der Waals surface area contributed by atoms with E-state index in [9.17, 15) is 28.0 Å². The van der Waals surface area contributed by atoms with Crippen molar-refractivity contribution in [2.45, 2.75) is 38.8 Å². The number of halogens is 2. The third-order valence-corrected chi connectivity index (χ3v) is 6.37. The fourth-order valence-corrected chi connectivity index (χ4v) is 4.46. The molecule has 4 amide bonds. The number of alkyl halides is 2. The van der Waals surface area contributed by atoms with E-state index < -0.39 is 42.7 Å². The summed E-state index contributed by atoms with van der Waals surface area (Å²) in [5.41, 5.74) is 1.56. The van der Waals surface area contributed by atoms with Gasteiger partial charge in [-0.1, -0.05) is 31.2 Å². The molecule has 4 rings (SSSR count). The van der Waals surface area contributed by atoms with E-state index in [1.54, 1.807) is 11.9 Å². The number of aromatic nitrogens is 2. The Morgan fingerprint density at radius 1 is 1.19 bits per heavy atom. The van der Waals surface area contributed by atoms with E-state index in [0.29, 0.717) is 13.1 Å². The third kappa shape index (κ3) is 5.93. The van der Waals surface area contributed by atoms with Gasteiger partial charge in [0.1, 0.15) is 11.9 Å². The van der Waals surface area contributed by atoms with Crippen LogP contribution < -0.4 is 16.0 Å². The second-order valence-electron chi connectivity index (χ2n) is 9.14. The molecule has 11 nitrogen and oxygen atoms in total. The average molecular weight is 518 g/mol. The molecule has 0 spiro atoms. The van der Waals surface area contributed by atoms with Crippen LogP contribution in [0.15, 0.2) is 30.3 Å². The lowest BCUT2D eigenvalue weighted by Crippen LogP contribution is -2.46. The van der Waals surface area contributed by atoms with Crippen LogP contribution in [0.2, 0.25) is 0 Å². The van der Waals surface area contributed by atoms with Gasteiger partial charge in [0, 0.05) is 45.1 Å². The van der Waals surface area contributed by atoms with Crippen molar-refractivity contribution in [2.75, 3.05) is 25.0 Å². The van der Waals surface area contributed by atoms with Crippen LogP contribution in [-0.2, 0) is 28.0 Å². The highest BCUT2D eigenvalue weighted by atomic mass is 19.3. The summed E-state index contributed by atoms with van der Waals surface area (Å²) in [5.74, 6) is -2.56. The first-order chi connectivity index (χ1) is 17.6. The van der Waals surface area contributed by atoms with Crippen molar-refractivity contribution >= 4 is 29.4 Å². The van der Waals surface area contributed by atoms with E-state index in [0.717, 1.165) is 24.1 Å². The molecule has 2 atom stereocenters. The van der Waals surface area contributed by atoms with Crippen LogP contribution in [0.5, 0.6) is 0 Å². The minimum atomic E-state index is -2.70. The summed E-state index contributed by atoms with van der Waals surface area (Å²) in [6, 6.07) is 7.89. The summed E-state index contributed by atoms with van der Waals surface area (Å²) >= 11 is 0. The van der Waals surface area contributed by atoms with Gasteiger partial charge in [0.25, 0.3) is 18.2 Å². The zero-order chi connectivity index (χ0) is 26.7. The Kier molecular flexibility index (Phi) is 7.81. The maximum Gasteiger partial charge on any atom is 0.272 e. The lowest BCUT2D eigenvalue weighted by atomic mass is 9.98. The standard InChI is InChI=1S/C24H29F2N7O4/c1-14(10-20(34)28-19-11-17(30-31(19)2)23(36)27-12-18(25)26)22(35)29-21-16-7-4-3-6-15(16)13-32-8-5-9-33(32)24(21)37/h3-4,6-7,11,14,18,21H,5,8-10,12-13H2,1-2H3,(H,27,36)(H,28,34)(H,29,35)/t14-,21+/m1/s1. The Bertz CT molecular complexity index is 1200. The number of aryl methyl sites for hydroxylation is 1. The van der Waals surface area contributed by atoms with Crippen LogP contribution in [0.1, 0.15) is 47.4 Å². The second-order valence-corrected chi connectivity index (χ2v) is 9.14. The monoisotopic (exact) mass is 517 g/mol. The van der Waals surface area contributed by atoms with Gasteiger partial charge in [-0.2, -0.15) is 5.10 Å². The molecule has 1 aromatic carbocycles. The molecule has 3 heterocycles. The van der Waals surface area contributed by atoms with Gasteiger partial charge in [-0.05, 0) is 17.5 Å². The molecule has 2 aliphatic heterocycles. The normalized spacial score (nSPS) is 18.1. The minimum absolute atomic E-state index is 0.134. The average Bonchev–Trinajstić information content (AvgIpc) is 3.44. The van der Waals surface area contributed by atoms with Crippen LogP contribution in [-0.4, -0.2) is 69.5 Å². The molecule has 1 saturated heterocycles. The van der Waals surface area contributed by atoms with Crippen LogP contribution >= 0.6 is 0 Å². The van der Waals surface area contributed by atoms with Gasteiger partial charge < -0.3 is 16.0 Å². The van der Waals surface area contributed by atoms with Gasteiger partial charge in [0.05, 0.1) is 6.54 Å². The van der Waals surface area contributed by atoms with E-state index in [2.05, 4.69) is 15.7 Å². The first-order valence-corrected chi connectivity index (χ1v) is 12.0. The number of fused-ring (bicyclic) bond motifs is 2. The zero-order valence-corrected chi connectivity index (χ0v) is 20.5. The minimum Gasteiger partial charge on any atom is -0.345 e. The van der Waals surface area contributed by atoms with Crippen LogP contribution in [0.25, 0.3) is 0 Å². The molecular formula is C24H29F2N7O4. The summed E-state index contributed by atoms with van der Waals surface area (Å²) < 4.78 is 25.9. The van der Waals surface area contributed by atoms with Crippen molar-refractivity contribution in [2.24, 2.45) is 13.0 Å². The third-order valence-electron chi connectivity index (χ3n) is 6.37. The number of hydrogen-bond donors (Lipinski definition) is 3. The van der Waals surface area contributed by atoms with Crippen molar-refractivity contribution in [3.8, 4) is 0 Å². The highest BCUT2D eigenvalue weighted by Crippen LogP contribution is 2.30. The maximum absolute atomic E-state index is 13.3. The van der Waals surface area contributed by atoms with Crippen molar-refractivity contribution in [3.05, 3.63) is 47.2 Å². The Balaban J connectivity index is 1.38. The molecule has 0 bridgehead atoms. The fraction of sp³-hybridized carbons (Fsp3) is 0.458. The Hall–Kier alpha value is -3.87. The fourth-order valence-electron chi connectivity index (χ4n) is 4.46. The molecule has 3 N–H and O–H groups in total. The number of rotatable bonds is 8. The molecular weight excluding hydrogens is 488 g/mol. The molecule has 1 aromatic heterocycles. The highest BCUT2D eigenvalue weighted by Gasteiger charge is 2.38. The molecule has 198 valence electrons. The molecule has 0 saturated carbocycles. The first kappa shape index (κ1) is 26.2. The number of carbonyl (C=O) groups excluding carboxylic acids is 4. The molecule has 2 aromatic rings. The summed E-state index contributed by atoms with van der Waals surface area (Å²) in [7, 11) is 1.48. The number of carbonyl (C=O) groups is 4.